The van der Waals surface area contributed by atoms with E-state index >= 15 is 0 Å². The lowest BCUT2D eigenvalue weighted by Gasteiger charge is -2.35. The summed E-state index contributed by atoms with van der Waals surface area (Å²) in [6.07, 6.45) is 13.9. The number of hydrogen-bond acceptors (Lipinski definition) is 5. The van der Waals surface area contributed by atoms with Gasteiger partial charge in [-0.05, 0) is 49.5 Å². The molecule has 1 atom stereocenters. The average Bonchev–Trinajstić information content (AvgIpc) is 3.40. The molecule has 0 radical (unpaired) electrons. The fraction of sp³-hybridized carbons (Fsp3) is 0.677. The first-order chi connectivity index (χ1) is 19.0. The first kappa shape index (κ1) is 29.1. The number of carbonyl (C=O) groups is 2. The Bertz CT molecular complexity index is 1010. The minimum atomic E-state index is -0.357. The maximum Gasteiger partial charge on any atom is 0.407 e. The van der Waals surface area contributed by atoms with E-state index in [1.165, 1.54) is 31.2 Å². The lowest BCUT2D eigenvalue weighted by molar-refractivity contribution is -0.135. The Hall–Kier alpha value is -2.90. The van der Waals surface area contributed by atoms with E-state index in [0.29, 0.717) is 50.2 Å². The molecule has 214 valence electrons. The molecule has 0 aliphatic heterocycles. The second kappa shape index (κ2) is 15.0. The van der Waals surface area contributed by atoms with Gasteiger partial charge in [0.05, 0.1) is 19.7 Å². The molecule has 2 aliphatic rings. The highest BCUT2D eigenvalue weighted by Crippen LogP contribution is 2.30. The summed E-state index contributed by atoms with van der Waals surface area (Å²) in [5, 5.41) is 7.84. The van der Waals surface area contributed by atoms with Crippen molar-refractivity contribution < 1.29 is 14.3 Å². The van der Waals surface area contributed by atoms with Crippen molar-refractivity contribution in [2.45, 2.75) is 116 Å². The number of nitrogens with one attached hydrogen (secondary N) is 1. The van der Waals surface area contributed by atoms with Gasteiger partial charge < -0.3 is 15.0 Å². The minimum Gasteiger partial charge on any atom is -0.449 e. The van der Waals surface area contributed by atoms with Gasteiger partial charge in [0, 0.05) is 18.5 Å². The normalized spacial score (nSPS) is 17.6. The minimum absolute atomic E-state index is 0.0367. The SMILES string of the molecule is CC(C)COC(=O)NC(CCC(=O)N(Cc1ncn(Cc2ccccc2)n1)C1CCCCC1)C1CCCCC1. The third-order valence-electron chi connectivity index (χ3n) is 8.16. The zero-order chi connectivity index (χ0) is 27.5. The van der Waals surface area contributed by atoms with E-state index in [1.807, 2.05) is 41.6 Å². The van der Waals surface area contributed by atoms with Crippen molar-refractivity contribution in [3.8, 4) is 0 Å². The fourth-order valence-electron chi connectivity index (χ4n) is 6.04. The maximum absolute atomic E-state index is 13.8. The Morgan fingerprint density at radius 3 is 2.41 bits per heavy atom. The molecule has 1 N–H and O–H groups in total. The molecule has 8 nitrogen and oxygen atoms in total. The molecule has 0 spiro atoms. The number of benzene rings is 1. The van der Waals surface area contributed by atoms with Gasteiger partial charge in [-0.15, -0.1) is 0 Å². The average molecular weight is 538 g/mol. The fourth-order valence-corrected chi connectivity index (χ4v) is 6.04. The van der Waals surface area contributed by atoms with Crippen LogP contribution in [-0.4, -0.2) is 50.4 Å². The molecule has 2 fully saturated rings. The molecular weight excluding hydrogens is 490 g/mol. The second-order valence-corrected chi connectivity index (χ2v) is 11.8. The Balaban J connectivity index is 1.40. The number of amides is 2. The van der Waals surface area contributed by atoms with Crippen LogP contribution in [0, 0.1) is 11.8 Å². The molecule has 0 saturated heterocycles. The molecule has 2 saturated carbocycles. The Morgan fingerprint density at radius 2 is 1.72 bits per heavy atom. The molecule has 39 heavy (non-hydrogen) atoms. The lowest BCUT2D eigenvalue weighted by atomic mass is 9.82. The van der Waals surface area contributed by atoms with Crippen LogP contribution >= 0.6 is 0 Å². The first-order valence-corrected chi connectivity index (χ1v) is 15.1. The van der Waals surface area contributed by atoms with Crippen molar-refractivity contribution in [2.75, 3.05) is 6.61 Å². The quantitative estimate of drug-likeness (QED) is 0.353. The van der Waals surface area contributed by atoms with E-state index in [-0.39, 0.29) is 24.1 Å². The number of alkyl carbamates (subject to hydrolysis) is 1. The maximum atomic E-state index is 13.8. The molecule has 8 heteroatoms. The van der Waals surface area contributed by atoms with Crippen LogP contribution in [0.25, 0.3) is 0 Å². The van der Waals surface area contributed by atoms with Crippen LogP contribution in [-0.2, 0) is 22.6 Å². The van der Waals surface area contributed by atoms with E-state index < -0.39 is 0 Å². The smallest absolute Gasteiger partial charge is 0.407 e. The molecule has 2 aromatic rings. The predicted octanol–water partition coefficient (Wildman–Crippen LogP) is 6.10. The highest BCUT2D eigenvalue weighted by atomic mass is 16.5. The largest absolute Gasteiger partial charge is 0.449 e. The van der Waals surface area contributed by atoms with E-state index in [2.05, 4.69) is 22.4 Å². The van der Waals surface area contributed by atoms with E-state index in [4.69, 9.17) is 9.84 Å². The number of ether oxygens (including phenoxy) is 1. The molecule has 1 heterocycles. The standard InChI is InChI=1S/C31H47N5O3/c1-24(2)22-39-31(38)33-28(26-14-8-4-9-15-26)18-19-30(37)36(27-16-10-5-11-17-27)21-29-32-23-35(34-29)20-25-12-6-3-7-13-25/h3,6-7,12-13,23-24,26-28H,4-5,8-11,14-22H2,1-2H3,(H,33,38). The van der Waals surface area contributed by atoms with Gasteiger partial charge in [-0.25, -0.2) is 14.5 Å². The van der Waals surface area contributed by atoms with Gasteiger partial charge in [0.25, 0.3) is 0 Å². The van der Waals surface area contributed by atoms with E-state index in [9.17, 15) is 9.59 Å². The third kappa shape index (κ3) is 9.36. The molecule has 1 unspecified atom stereocenters. The number of hydrogen-bond donors (Lipinski definition) is 1. The van der Waals surface area contributed by atoms with Gasteiger partial charge in [-0.3, -0.25) is 4.79 Å². The molecule has 1 aromatic carbocycles. The topological polar surface area (TPSA) is 89.4 Å². The second-order valence-electron chi connectivity index (χ2n) is 11.8. The number of aromatic nitrogens is 3. The molecule has 1 aromatic heterocycles. The van der Waals surface area contributed by atoms with Crippen molar-refractivity contribution >= 4 is 12.0 Å². The summed E-state index contributed by atoms with van der Waals surface area (Å²) < 4.78 is 7.28. The van der Waals surface area contributed by atoms with Crippen molar-refractivity contribution in [1.29, 1.82) is 0 Å². The van der Waals surface area contributed by atoms with Crippen LogP contribution in [0.5, 0.6) is 0 Å². The summed E-state index contributed by atoms with van der Waals surface area (Å²) in [6.45, 7) is 5.56. The molecule has 2 amide bonds. The Kier molecular flexibility index (Phi) is 11.2. The lowest BCUT2D eigenvalue weighted by Crippen LogP contribution is -2.44. The van der Waals surface area contributed by atoms with Crippen molar-refractivity contribution in [2.24, 2.45) is 11.8 Å². The van der Waals surface area contributed by atoms with Crippen LogP contribution in [0.3, 0.4) is 0 Å². The van der Waals surface area contributed by atoms with Crippen molar-refractivity contribution in [3.63, 3.8) is 0 Å². The zero-order valence-electron chi connectivity index (χ0n) is 23.9. The number of carbonyl (C=O) groups excluding carboxylic acids is 2. The third-order valence-corrected chi connectivity index (χ3v) is 8.16. The molecule has 0 bridgehead atoms. The van der Waals surface area contributed by atoms with Gasteiger partial charge in [-0.1, -0.05) is 82.7 Å². The summed E-state index contributed by atoms with van der Waals surface area (Å²) in [4.78, 5) is 32.9. The highest BCUT2D eigenvalue weighted by Gasteiger charge is 2.30. The Labute approximate surface area is 233 Å². The summed E-state index contributed by atoms with van der Waals surface area (Å²) >= 11 is 0. The van der Waals surface area contributed by atoms with Crippen molar-refractivity contribution in [3.05, 3.63) is 48.0 Å². The highest BCUT2D eigenvalue weighted by molar-refractivity contribution is 5.76. The van der Waals surface area contributed by atoms with Crippen molar-refractivity contribution in [1.82, 2.24) is 25.0 Å². The summed E-state index contributed by atoms with van der Waals surface area (Å²) in [5.41, 5.74) is 1.17. The molecular formula is C31H47N5O3. The van der Waals surface area contributed by atoms with Gasteiger partial charge in [0.15, 0.2) is 5.82 Å². The van der Waals surface area contributed by atoms with Crippen LogP contribution in [0.4, 0.5) is 4.79 Å². The van der Waals surface area contributed by atoms with Crippen LogP contribution in [0.2, 0.25) is 0 Å². The van der Waals surface area contributed by atoms with Crippen LogP contribution in [0.1, 0.15) is 102 Å². The Morgan fingerprint density at radius 1 is 1.03 bits per heavy atom. The molecule has 2 aliphatic carbocycles. The molecule has 4 rings (SSSR count). The van der Waals surface area contributed by atoms with Crippen LogP contribution in [0.15, 0.2) is 36.7 Å². The number of nitrogens with zero attached hydrogens (tertiary/aromatic N) is 4. The van der Waals surface area contributed by atoms with Gasteiger partial charge in [0.1, 0.15) is 6.33 Å². The summed E-state index contributed by atoms with van der Waals surface area (Å²) in [7, 11) is 0. The zero-order valence-corrected chi connectivity index (χ0v) is 23.9. The van der Waals surface area contributed by atoms with E-state index in [1.54, 1.807) is 6.33 Å². The predicted molar refractivity (Wildman–Crippen MR) is 152 cm³/mol. The van der Waals surface area contributed by atoms with Gasteiger partial charge in [0.2, 0.25) is 5.91 Å². The van der Waals surface area contributed by atoms with Gasteiger partial charge in [-0.2, -0.15) is 5.10 Å². The first-order valence-electron chi connectivity index (χ1n) is 15.1. The summed E-state index contributed by atoms with van der Waals surface area (Å²) in [5.74, 6) is 1.51. The van der Waals surface area contributed by atoms with Crippen LogP contribution < -0.4 is 5.32 Å². The monoisotopic (exact) mass is 537 g/mol. The number of rotatable bonds is 12. The van der Waals surface area contributed by atoms with E-state index in [0.717, 1.165) is 38.5 Å². The summed E-state index contributed by atoms with van der Waals surface area (Å²) in [6, 6.07) is 10.4. The van der Waals surface area contributed by atoms with Gasteiger partial charge >= 0.3 is 6.09 Å².